The minimum atomic E-state index is -0.435. The monoisotopic (exact) mass is 362 g/mol. The van der Waals surface area contributed by atoms with Crippen LogP contribution >= 0.6 is 0 Å². The number of hydrogen-bond donors (Lipinski definition) is 0. The maximum atomic E-state index is 11.6. The van der Waals surface area contributed by atoms with Crippen LogP contribution in [0.2, 0.25) is 0 Å². The van der Waals surface area contributed by atoms with E-state index < -0.39 is 5.97 Å². The van der Waals surface area contributed by atoms with E-state index in [1.54, 1.807) is 6.08 Å². The lowest BCUT2D eigenvalue weighted by Crippen LogP contribution is -2.23. The highest BCUT2D eigenvalue weighted by Gasteiger charge is 2.17. The summed E-state index contributed by atoms with van der Waals surface area (Å²) in [5, 5.41) is 0. The molecule has 0 radical (unpaired) electrons. The first-order valence-corrected chi connectivity index (χ1v) is 9.04. The van der Waals surface area contributed by atoms with Crippen LogP contribution < -0.4 is 0 Å². The molecule has 0 fully saturated rings. The van der Waals surface area contributed by atoms with Gasteiger partial charge in [-0.15, -0.1) is 6.58 Å². The third kappa shape index (κ3) is 7.89. The predicted molar refractivity (Wildman–Crippen MR) is 110 cm³/mol. The molecule has 0 aliphatic carbocycles. The van der Waals surface area contributed by atoms with Crippen molar-refractivity contribution in [3.8, 4) is 0 Å². The quantitative estimate of drug-likeness (QED) is 0.307. The average molecular weight is 362 g/mol. The van der Waals surface area contributed by atoms with Gasteiger partial charge in [-0.1, -0.05) is 85.5 Å². The zero-order valence-corrected chi connectivity index (χ0v) is 15.5. The summed E-state index contributed by atoms with van der Waals surface area (Å²) < 4.78 is 11.5. The summed E-state index contributed by atoms with van der Waals surface area (Å²) in [5.74, 6) is -0.435. The molecule has 0 aromatic heterocycles. The molecule has 27 heavy (non-hydrogen) atoms. The Morgan fingerprint density at radius 2 is 1.67 bits per heavy atom. The lowest BCUT2D eigenvalue weighted by molar-refractivity contribution is -0.144. The molecule has 0 unspecified atom stereocenters. The highest BCUT2D eigenvalue weighted by atomic mass is 16.5. The molecular formula is C24H26O3. The number of esters is 1. The zero-order chi connectivity index (χ0) is 19.3. The van der Waals surface area contributed by atoms with Gasteiger partial charge in [-0.25, -0.2) is 4.79 Å². The summed E-state index contributed by atoms with van der Waals surface area (Å²) in [5.41, 5.74) is 2.19. The second kappa shape index (κ2) is 11.7. The maximum absolute atomic E-state index is 11.6. The first-order valence-electron chi connectivity index (χ1n) is 9.04. The number of carbonyl (C=O) groups excluding carboxylic acids is 1. The Morgan fingerprint density at radius 1 is 1.00 bits per heavy atom. The van der Waals surface area contributed by atoms with Crippen LogP contribution in [-0.4, -0.2) is 18.2 Å². The molecule has 0 N–H and O–H groups in total. The van der Waals surface area contributed by atoms with E-state index >= 15 is 0 Å². The standard InChI is InChI=1S/C24H26O3/c1-3-11-23(27-24(25)4-2)18-22(17-16-20-12-7-5-8-13-20)26-19-21-14-9-6-10-15-21/h3-10,12-17,22-23H,1-2,11,18-19H2/b17-16+/t22-,23-/m1/s1. The van der Waals surface area contributed by atoms with Crippen molar-refractivity contribution in [1.82, 2.24) is 0 Å². The van der Waals surface area contributed by atoms with Crippen molar-refractivity contribution in [3.63, 3.8) is 0 Å². The summed E-state index contributed by atoms with van der Waals surface area (Å²) in [7, 11) is 0. The number of carbonyl (C=O) groups is 1. The van der Waals surface area contributed by atoms with Gasteiger partial charge in [-0.2, -0.15) is 0 Å². The molecule has 0 spiro atoms. The van der Waals surface area contributed by atoms with E-state index in [2.05, 4.69) is 13.2 Å². The molecule has 140 valence electrons. The lowest BCUT2D eigenvalue weighted by Gasteiger charge is -2.21. The zero-order valence-electron chi connectivity index (χ0n) is 15.5. The molecule has 3 heteroatoms. The van der Waals surface area contributed by atoms with Gasteiger partial charge in [0.05, 0.1) is 12.7 Å². The van der Waals surface area contributed by atoms with Gasteiger partial charge in [0.25, 0.3) is 0 Å². The van der Waals surface area contributed by atoms with Crippen molar-refractivity contribution in [2.24, 2.45) is 0 Å². The third-order valence-electron chi connectivity index (χ3n) is 3.98. The van der Waals surface area contributed by atoms with Crippen molar-refractivity contribution >= 4 is 12.0 Å². The first-order chi connectivity index (χ1) is 13.2. The largest absolute Gasteiger partial charge is 0.459 e. The van der Waals surface area contributed by atoms with Crippen LogP contribution in [0.5, 0.6) is 0 Å². The molecule has 0 saturated heterocycles. The molecule has 2 rings (SSSR count). The van der Waals surface area contributed by atoms with Crippen molar-refractivity contribution in [2.45, 2.75) is 31.7 Å². The van der Waals surface area contributed by atoms with E-state index in [0.717, 1.165) is 11.1 Å². The fraction of sp³-hybridized carbons (Fsp3) is 0.208. The highest BCUT2D eigenvalue weighted by molar-refractivity contribution is 5.81. The molecule has 0 aliphatic heterocycles. The Bertz CT molecular complexity index is 735. The van der Waals surface area contributed by atoms with Gasteiger partial charge in [0.15, 0.2) is 0 Å². The van der Waals surface area contributed by atoms with Crippen LogP contribution in [-0.2, 0) is 20.9 Å². The van der Waals surface area contributed by atoms with Crippen LogP contribution in [0.25, 0.3) is 6.08 Å². The minimum Gasteiger partial charge on any atom is -0.459 e. The summed E-state index contributed by atoms with van der Waals surface area (Å²) in [6, 6.07) is 20.0. The Hall–Kier alpha value is -2.91. The van der Waals surface area contributed by atoms with Gasteiger partial charge in [-0.05, 0) is 11.1 Å². The Morgan fingerprint density at radius 3 is 2.30 bits per heavy atom. The molecule has 2 atom stereocenters. The van der Waals surface area contributed by atoms with Gasteiger partial charge in [0.1, 0.15) is 6.10 Å². The van der Waals surface area contributed by atoms with Crippen LogP contribution in [0.15, 0.2) is 92.0 Å². The van der Waals surface area contributed by atoms with Gasteiger partial charge < -0.3 is 9.47 Å². The molecule has 0 amide bonds. The predicted octanol–water partition coefficient (Wildman–Crippen LogP) is 5.35. The van der Waals surface area contributed by atoms with Crippen molar-refractivity contribution in [2.75, 3.05) is 0 Å². The van der Waals surface area contributed by atoms with E-state index in [1.807, 2.05) is 72.8 Å². The smallest absolute Gasteiger partial charge is 0.330 e. The lowest BCUT2D eigenvalue weighted by atomic mass is 10.1. The summed E-state index contributed by atoms with van der Waals surface area (Å²) >= 11 is 0. The van der Waals surface area contributed by atoms with E-state index in [9.17, 15) is 4.79 Å². The van der Waals surface area contributed by atoms with E-state index in [-0.39, 0.29) is 12.2 Å². The van der Waals surface area contributed by atoms with Gasteiger partial charge >= 0.3 is 5.97 Å². The van der Waals surface area contributed by atoms with Crippen molar-refractivity contribution in [3.05, 3.63) is 103 Å². The molecule has 3 nitrogen and oxygen atoms in total. The Kier molecular flexibility index (Phi) is 8.81. The van der Waals surface area contributed by atoms with Gasteiger partial charge in [0, 0.05) is 18.9 Å². The third-order valence-corrected chi connectivity index (χ3v) is 3.98. The fourth-order valence-corrected chi connectivity index (χ4v) is 2.61. The normalized spacial score (nSPS) is 13.0. The number of hydrogen-bond acceptors (Lipinski definition) is 3. The molecular weight excluding hydrogens is 336 g/mol. The summed E-state index contributed by atoms with van der Waals surface area (Å²) in [4.78, 5) is 11.6. The van der Waals surface area contributed by atoms with E-state index in [4.69, 9.17) is 9.47 Å². The Labute approximate surface area is 161 Å². The molecule has 2 aromatic rings. The molecule has 2 aromatic carbocycles. The molecule has 0 bridgehead atoms. The topological polar surface area (TPSA) is 35.5 Å². The number of benzene rings is 2. The first kappa shape index (κ1) is 20.4. The Balaban J connectivity index is 2.08. The van der Waals surface area contributed by atoms with Crippen LogP contribution in [0.4, 0.5) is 0 Å². The average Bonchev–Trinajstić information content (AvgIpc) is 2.71. The second-order valence-corrected chi connectivity index (χ2v) is 6.13. The SMILES string of the molecule is C=CC[C@H](C[C@@H](/C=C/c1ccccc1)OCc1ccccc1)OC(=O)C=C. The molecule has 0 aliphatic rings. The fourth-order valence-electron chi connectivity index (χ4n) is 2.61. The molecule has 0 heterocycles. The minimum absolute atomic E-state index is 0.201. The van der Waals surface area contributed by atoms with Crippen LogP contribution in [0, 0.1) is 0 Å². The van der Waals surface area contributed by atoms with E-state index in [0.29, 0.717) is 19.4 Å². The van der Waals surface area contributed by atoms with Crippen molar-refractivity contribution in [1.29, 1.82) is 0 Å². The second-order valence-electron chi connectivity index (χ2n) is 6.13. The van der Waals surface area contributed by atoms with Crippen LogP contribution in [0.3, 0.4) is 0 Å². The number of ether oxygens (including phenoxy) is 2. The highest BCUT2D eigenvalue weighted by Crippen LogP contribution is 2.16. The number of rotatable bonds is 11. The van der Waals surface area contributed by atoms with Crippen molar-refractivity contribution < 1.29 is 14.3 Å². The summed E-state index contributed by atoms with van der Waals surface area (Å²) in [6.07, 6.45) is 7.55. The van der Waals surface area contributed by atoms with Gasteiger partial charge in [-0.3, -0.25) is 0 Å². The molecule has 0 saturated carbocycles. The summed E-state index contributed by atoms with van der Waals surface area (Å²) in [6.45, 7) is 7.70. The van der Waals surface area contributed by atoms with Gasteiger partial charge in [0.2, 0.25) is 0 Å². The van der Waals surface area contributed by atoms with Crippen LogP contribution in [0.1, 0.15) is 24.0 Å². The maximum Gasteiger partial charge on any atom is 0.330 e. The van der Waals surface area contributed by atoms with E-state index in [1.165, 1.54) is 6.08 Å².